The molecule has 2 aliphatic rings. The van der Waals surface area contributed by atoms with Gasteiger partial charge in [-0.15, -0.1) is 0 Å². The zero-order chi connectivity index (χ0) is 23.0. The molecule has 1 N–H and O–H groups in total. The number of aryl methyl sites for hydroxylation is 2. The number of carbonyl (C=O) groups is 1. The van der Waals surface area contributed by atoms with Crippen LogP contribution in [-0.2, 0) is 14.8 Å². The van der Waals surface area contributed by atoms with Crippen molar-refractivity contribution in [2.45, 2.75) is 64.3 Å². The van der Waals surface area contributed by atoms with E-state index in [9.17, 15) is 13.2 Å². The van der Waals surface area contributed by atoms with Crippen molar-refractivity contribution in [3.63, 3.8) is 0 Å². The molecule has 1 aliphatic carbocycles. The maximum absolute atomic E-state index is 13.5. The molecule has 6 heteroatoms. The third kappa shape index (κ3) is 4.48. The summed E-state index contributed by atoms with van der Waals surface area (Å²) in [5.41, 5.74) is 4.79. The van der Waals surface area contributed by atoms with Gasteiger partial charge in [-0.3, -0.25) is 4.79 Å². The summed E-state index contributed by atoms with van der Waals surface area (Å²) in [7, 11) is -3.59. The molecule has 2 aromatic carbocycles. The van der Waals surface area contributed by atoms with Gasteiger partial charge in [-0.25, -0.2) is 8.42 Å². The van der Waals surface area contributed by atoms with E-state index in [2.05, 4.69) is 17.4 Å². The molecular formula is C26H34N2O3S. The number of benzene rings is 2. The van der Waals surface area contributed by atoms with Gasteiger partial charge in [-0.2, -0.15) is 4.31 Å². The molecule has 1 saturated carbocycles. The van der Waals surface area contributed by atoms with Gasteiger partial charge < -0.3 is 5.32 Å². The van der Waals surface area contributed by atoms with Crippen LogP contribution in [0.3, 0.4) is 0 Å². The largest absolute Gasteiger partial charge is 0.349 e. The second-order valence-corrected chi connectivity index (χ2v) is 11.4. The standard InChI is InChI=1S/C26H34N2O3S/c1-17-16-18(2)20(4)25(19(17)3)32(30,31)28-14-12-23(13-15-28)26(29)27-24(22-10-11-22)21-8-6-5-7-9-21/h5-9,16,22-24H,10-15H2,1-4H3,(H,27,29). The van der Waals surface area contributed by atoms with Crippen LogP contribution in [0, 0.1) is 39.5 Å². The van der Waals surface area contributed by atoms with Crippen LogP contribution in [0.2, 0.25) is 0 Å². The molecule has 2 aromatic rings. The number of nitrogens with zero attached hydrogens (tertiary/aromatic N) is 1. The Morgan fingerprint density at radius 3 is 2.03 bits per heavy atom. The van der Waals surface area contributed by atoms with Crippen LogP contribution in [0.15, 0.2) is 41.3 Å². The van der Waals surface area contributed by atoms with E-state index in [1.165, 1.54) is 0 Å². The number of rotatable bonds is 6. The lowest BCUT2D eigenvalue weighted by Gasteiger charge is -2.32. The summed E-state index contributed by atoms with van der Waals surface area (Å²) in [6.45, 7) is 8.45. The summed E-state index contributed by atoms with van der Waals surface area (Å²) in [6, 6.07) is 12.3. The van der Waals surface area contributed by atoms with Crippen molar-refractivity contribution in [2.24, 2.45) is 11.8 Å². The Hall–Kier alpha value is -2.18. The number of sulfonamides is 1. The van der Waals surface area contributed by atoms with Crippen LogP contribution in [-0.4, -0.2) is 31.7 Å². The monoisotopic (exact) mass is 454 g/mol. The predicted octanol–water partition coefficient (Wildman–Crippen LogP) is 4.59. The number of nitrogens with one attached hydrogen (secondary N) is 1. The first-order valence-corrected chi connectivity index (χ1v) is 13.1. The molecule has 4 rings (SSSR count). The van der Waals surface area contributed by atoms with Crippen molar-refractivity contribution in [1.82, 2.24) is 9.62 Å². The Balaban J connectivity index is 1.45. The number of hydrogen-bond acceptors (Lipinski definition) is 3. The molecule has 5 nitrogen and oxygen atoms in total. The molecular weight excluding hydrogens is 420 g/mol. The highest BCUT2D eigenvalue weighted by atomic mass is 32.2. The first-order chi connectivity index (χ1) is 15.2. The zero-order valence-electron chi connectivity index (χ0n) is 19.5. The van der Waals surface area contributed by atoms with E-state index < -0.39 is 10.0 Å². The molecule has 0 spiro atoms. The van der Waals surface area contributed by atoms with Crippen molar-refractivity contribution in [3.8, 4) is 0 Å². The number of hydrogen-bond donors (Lipinski definition) is 1. The lowest BCUT2D eigenvalue weighted by molar-refractivity contribution is -0.127. The zero-order valence-corrected chi connectivity index (χ0v) is 20.3. The maximum atomic E-state index is 13.5. The summed E-state index contributed by atoms with van der Waals surface area (Å²) in [5.74, 6) is 0.423. The minimum Gasteiger partial charge on any atom is -0.349 e. The van der Waals surface area contributed by atoms with Crippen molar-refractivity contribution < 1.29 is 13.2 Å². The second-order valence-electron chi connectivity index (χ2n) is 9.50. The fourth-order valence-corrected chi connectivity index (χ4v) is 6.94. The number of piperidine rings is 1. The van der Waals surface area contributed by atoms with Crippen molar-refractivity contribution >= 4 is 15.9 Å². The van der Waals surface area contributed by atoms with Crippen LogP contribution in [0.5, 0.6) is 0 Å². The third-order valence-electron chi connectivity index (χ3n) is 7.27. The molecule has 32 heavy (non-hydrogen) atoms. The van der Waals surface area contributed by atoms with Gasteiger partial charge in [0.2, 0.25) is 15.9 Å². The molecule has 1 aliphatic heterocycles. The van der Waals surface area contributed by atoms with Crippen LogP contribution in [0.25, 0.3) is 0 Å². The lowest BCUT2D eigenvalue weighted by atomic mass is 9.95. The molecule has 1 atom stereocenters. The highest BCUT2D eigenvalue weighted by Crippen LogP contribution is 2.41. The molecule has 2 fully saturated rings. The quantitative estimate of drug-likeness (QED) is 0.694. The maximum Gasteiger partial charge on any atom is 0.243 e. The van der Waals surface area contributed by atoms with Crippen LogP contribution < -0.4 is 5.32 Å². The summed E-state index contributed by atoms with van der Waals surface area (Å²) in [6.07, 6.45) is 3.40. The average Bonchev–Trinajstić information content (AvgIpc) is 3.62. The minimum atomic E-state index is -3.59. The molecule has 1 heterocycles. The SMILES string of the molecule is Cc1cc(C)c(C)c(S(=O)(=O)N2CCC(C(=O)NC(c3ccccc3)C3CC3)CC2)c1C. The average molecular weight is 455 g/mol. The van der Waals surface area contributed by atoms with Crippen molar-refractivity contribution in [3.05, 3.63) is 64.2 Å². The Kier molecular flexibility index (Phi) is 6.46. The van der Waals surface area contributed by atoms with Crippen LogP contribution in [0.1, 0.15) is 59.5 Å². The van der Waals surface area contributed by atoms with Crippen molar-refractivity contribution in [1.29, 1.82) is 0 Å². The fraction of sp³-hybridized carbons (Fsp3) is 0.500. The fourth-order valence-electron chi connectivity index (χ4n) is 4.89. The predicted molar refractivity (Wildman–Crippen MR) is 127 cm³/mol. The van der Waals surface area contributed by atoms with Gasteiger partial charge in [0.15, 0.2) is 0 Å². The summed E-state index contributed by atoms with van der Waals surface area (Å²) >= 11 is 0. The van der Waals surface area contributed by atoms with E-state index in [1.807, 2.05) is 52.0 Å². The Morgan fingerprint density at radius 1 is 0.938 bits per heavy atom. The Labute approximate surface area is 192 Å². The topological polar surface area (TPSA) is 66.5 Å². The normalized spacial score (nSPS) is 19.0. The molecule has 0 radical (unpaired) electrons. The summed E-state index contributed by atoms with van der Waals surface area (Å²) in [5, 5.41) is 3.28. The summed E-state index contributed by atoms with van der Waals surface area (Å²) < 4.78 is 28.6. The minimum absolute atomic E-state index is 0.0570. The van der Waals surface area contributed by atoms with E-state index in [0.29, 0.717) is 36.7 Å². The van der Waals surface area contributed by atoms with Gasteiger partial charge in [-0.1, -0.05) is 36.4 Å². The first kappa shape index (κ1) is 23.0. The van der Waals surface area contributed by atoms with Gasteiger partial charge >= 0.3 is 0 Å². The van der Waals surface area contributed by atoms with Crippen LogP contribution in [0.4, 0.5) is 0 Å². The molecule has 1 unspecified atom stereocenters. The van der Waals surface area contributed by atoms with Gasteiger partial charge in [0.1, 0.15) is 0 Å². The Bertz CT molecular complexity index is 1070. The first-order valence-electron chi connectivity index (χ1n) is 11.6. The third-order valence-corrected chi connectivity index (χ3v) is 9.44. The van der Waals surface area contributed by atoms with Crippen molar-refractivity contribution in [2.75, 3.05) is 13.1 Å². The Morgan fingerprint density at radius 2 is 1.50 bits per heavy atom. The highest BCUT2D eigenvalue weighted by Gasteiger charge is 2.37. The van der Waals surface area contributed by atoms with Gasteiger partial charge in [0.25, 0.3) is 0 Å². The van der Waals surface area contributed by atoms with Crippen LogP contribution >= 0.6 is 0 Å². The number of amides is 1. The van der Waals surface area contributed by atoms with E-state index in [0.717, 1.165) is 40.7 Å². The number of carbonyl (C=O) groups excluding carboxylic acids is 1. The highest BCUT2D eigenvalue weighted by molar-refractivity contribution is 7.89. The second kappa shape index (κ2) is 8.99. The van der Waals surface area contributed by atoms with E-state index in [1.54, 1.807) is 4.31 Å². The van der Waals surface area contributed by atoms with Gasteiger partial charge in [0, 0.05) is 19.0 Å². The molecule has 1 saturated heterocycles. The molecule has 0 aromatic heterocycles. The molecule has 1 amide bonds. The summed E-state index contributed by atoms with van der Waals surface area (Å²) in [4.78, 5) is 13.5. The van der Waals surface area contributed by atoms with E-state index >= 15 is 0 Å². The van der Waals surface area contributed by atoms with E-state index in [-0.39, 0.29) is 17.9 Å². The smallest absolute Gasteiger partial charge is 0.243 e. The van der Waals surface area contributed by atoms with Gasteiger partial charge in [0.05, 0.1) is 10.9 Å². The van der Waals surface area contributed by atoms with Gasteiger partial charge in [-0.05, 0) is 87.1 Å². The van der Waals surface area contributed by atoms with E-state index in [4.69, 9.17) is 0 Å². The molecule has 0 bridgehead atoms. The molecule has 172 valence electrons. The lowest BCUT2D eigenvalue weighted by Crippen LogP contribution is -2.44.